The predicted octanol–water partition coefficient (Wildman–Crippen LogP) is 9.01. The Morgan fingerprint density at radius 2 is 1.24 bits per heavy atom. The van der Waals surface area contributed by atoms with Crippen LogP contribution in [-0.4, -0.2) is 62.8 Å². The van der Waals surface area contributed by atoms with Crippen molar-refractivity contribution >= 4 is 11.9 Å². The summed E-state index contributed by atoms with van der Waals surface area (Å²) in [6.07, 6.45) is 6.55. The smallest absolute Gasteiger partial charge is 0.304 e. The van der Waals surface area contributed by atoms with E-state index in [4.69, 9.17) is 38.6 Å². The molecule has 4 aromatic rings. The maximum atomic E-state index is 11.0. The lowest BCUT2D eigenvalue weighted by atomic mass is 9.81. The van der Waals surface area contributed by atoms with Gasteiger partial charge in [0.2, 0.25) is 0 Å². The molecule has 2 aliphatic heterocycles. The third-order valence-corrected chi connectivity index (χ3v) is 12.6. The number of hydrogen-bond acceptors (Lipinski definition) is 8. The fourth-order valence-electron chi connectivity index (χ4n) is 9.71. The van der Waals surface area contributed by atoms with Crippen molar-refractivity contribution in [3.8, 4) is 23.0 Å². The summed E-state index contributed by atoms with van der Waals surface area (Å²) in [5, 5.41) is 18.1. The van der Waals surface area contributed by atoms with Crippen molar-refractivity contribution in [3.63, 3.8) is 0 Å². The number of ether oxygens (including phenoxy) is 6. The first-order valence-electron chi connectivity index (χ1n) is 20.5. The molecule has 0 saturated heterocycles. The molecule has 1 saturated carbocycles. The molecule has 2 heterocycles. The number of rotatable bonds is 14. The molecule has 0 spiro atoms. The lowest BCUT2D eigenvalue weighted by molar-refractivity contribution is -0.138. The van der Waals surface area contributed by atoms with Crippen LogP contribution in [0, 0.1) is 0 Å². The second kappa shape index (κ2) is 16.3. The van der Waals surface area contributed by atoms with Crippen molar-refractivity contribution in [3.05, 3.63) is 117 Å². The van der Waals surface area contributed by atoms with E-state index in [-0.39, 0.29) is 47.7 Å². The van der Waals surface area contributed by atoms with E-state index in [9.17, 15) is 9.59 Å². The fraction of sp³-hybridized carbons (Fsp3) is 0.458. The summed E-state index contributed by atoms with van der Waals surface area (Å²) in [6, 6.07) is 24.6. The van der Waals surface area contributed by atoms with Gasteiger partial charge in [-0.3, -0.25) is 9.59 Å². The Hall–Kier alpha value is -5.06. The third-order valence-electron chi connectivity index (χ3n) is 12.6. The molecule has 58 heavy (non-hydrogen) atoms. The van der Waals surface area contributed by atoms with Crippen molar-refractivity contribution in [2.75, 3.05) is 40.6 Å². The molecule has 4 atom stereocenters. The molecular weight excluding hydrogens is 737 g/mol. The van der Waals surface area contributed by atoms with E-state index >= 15 is 0 Å². The number of fused-ring (bicyclic) bond motifs is 4. The molecule has 0 amide bonds. The van der Waals surface area contributed by atoms with Crippen LogP contribution in [0.5, 0.6) is 23.0 Å². The monoisotopic (exact) mass is 790 g/mol. The molecule has 0 radical (unpaired) electrons. The molecule has 3 aliphatic carbocycles. The number of aliphatic carboxylic acids is 2. The molecule has 306 valence electrons. The van der Waals surface area contributed by atoms with Crippen molar-refractivity contribution < 1.29 is 48.2 Å². The first-order valence-corrected chi connectivity index (χ1v) is 20.5. The Labute approximate surface area is 340 Å². The van der Waals surface area contributed by atoms with Gasteiger partial charge in [-0.2, -0.15) is 0 Å². The first-order chi connectivity index (χ1) is 28.0. The maximum Gasteiger partial charge on any atom is 0.304 e. The minimum Gasteiger partial charge on any atom is -0.492 e. The zero-order valence-electron chi connectivity index (χ0n) is 33.9. The van der Waals surface area contributed by atoms with Gasteiger partial charge in [0.1, 0.15) is 35.2 Å². The van der Waals surface area contributed by atoms with Crippen molar-refractivity contribution in [1.29, 1.82) is 0 Å². The molecule has 0 bridgehead atoms. The van der Waals surface area contributed by atoms with Gasteiger partial charge in [0.05, 0.1) is 39.3 Å². The summed E-state index contributed by atoms with van der Waals surface area (Å²) in [5.74, 6) is 1.25. The molecule has 9 rings (SSSR count). The fourth-order valence-corrected chi connectivity index (χ4v) is 9.71. The normalized spacial score (nSPS) is 21.7. The quantitative estimate of drug-likeness (QED) is 0.128. The van der Waals surface area contributed by atoms with Gasteiger partial charge in [-0.1, -0.05) is 62.4 Å². The van der Waals surface area contributed by atoms with E-state index in [0.717, 1.165) is 66.4 Å². The van der Waals surface area contributed by atoms with Gasteiger partial charge in [-0.15, -0.1) is 0 Å². The van der Waals surface area contributed by atoms with E-state index in [1.807, 2.05) is 36.4 Å². The van der Waals surface area contributed by atoms with Crippen LogP contribution in [0.15, 0.2) is 72.8 Å². The molecule has 5 aliphatic rings. The van der Waals surface area contributed by atoms with Crippen LogP contribution < -0.4 is 18.9 Å². The van der Waals surface area contributed by atoms with Gasteiger partial charge in [-0.25, -0.2) is 0 Å². The van der Waals surface area contributed by atoms with E-state index < -0.39 is 11.9 Å². The van der Waals surface area contributed by atoms with Gasteiger partial charge in [0.25, 0.3) is 0 Å². The molecule has 0 unspecified atom stereocenters. The zero-order chi connectivity index (χ0) is 40.6. The SMILES string of the molecule is COCC(C)(C)c1cccc2c1CC[C@H]2Oc1ccc2c(c1)OC[C@H]2CC(=O)O.COCC1(c2cccc3c2CC[C@H]3Oc2ccc3c(c2)OC[C@H]3CC(=O)O)CC1. The molecule has 4 aromatic carbocycles. The second-order valence-electron chi connectivity index (χ2n) is 17.2. The van der Waals surface area contributed by atoms with Gasteiger partial charge >= 0.3 is 11.9 Å². The summed E-state index contributed by atoms with van der Waals surface area (Å²) in [5.41, 5.74) is 10.2. The van der Waals surface area contributed by atoms with Crippen LogP contribution in [0.1, 0.15) is 121 Å². The van der Waals surface area contributed by atoms with E-state index in [1.54, 1.807) is 14.2 Å². The number of carboxylic acids is 2. The lowest BCUT2D eigenvalue weighted by Gasteiger charge is -2.27. The van der Waals surface area contributed by atoms with Gasteiger partial charge in [-0.05, 0) is 84.0 Å². The molecular formula is C48H54O10. The molecule has 2 N–H and O–H groups in total. The van der Waals surface area contributed by atoms with Gasteiger partial charge in [0.15, 0.2) is 0 Å². The molecule has 0 aromatic heterocycles. The summed E-state index contributed by atoms with van der Waals surface area (Å²) in [4.78, 5) is 22.1. The Kier molecular flexibility index (Phi) is 11.2. The van der Waals surface area contributed by atoms with E-state index in [2.05, 4.69) is 50.2 Å². The Morgan fingerprint density at radius 1 is 0.707 bits per heavy atom. The zero-order valence-corrected chi connectivity index (χ0v) is 33.9. The highest BCUT2D eigenvalue weighted by Crippen LogP contribution is 2.52. The lowest BCUT2D eigenvalue weighted by Crippen LogP contribution is -2.25. The third kappa shape index (κ3) is 8.01. The topological polar surface area (TPSA) is 130 Å². The highest BCUT2D eigenvalue weighted by Gasteiger charge is 2.47. The van der Waals surface area contributed by atoms with Crippen molar-refractivity contribution in [1.82, 2.24) is 0 Å². The van der Waals surface area contributed by atoms with Crippen LogP contribution in [-0.2, 0) is 42.7 Å². The van der Waals surface area contributed by atoms with Gasteiger partial charge < -0.3 is 38.6 Å². The van der Waals surface area contributed by atoms with Crippen LogP contribution in [0.25, 0.3) is 0 Å². The largest absolute Gasteiger partial charge is 0.492 e. The van der Waals surface area contributed by atoms with Crippen molar-refractivity contribution in [2.45, 2.75) is 100 Å². The highest BCUT2D eigenvalue weighted by atomic mass is 16.5. The molecule has 10 heteroatoms. The van der Waals surface area contributed by atoms with Crippen LogP contribution in [0.3, 0.4) is 0 Å². The maximum absolute atomic E-state index is 11.0. The number of hydrogen-bond donors (Lipinski definition) is 2. The summed E-state index contributed by atoms with van der Waals surface area (Å²) in [6.45, 7) is 6.72. The van der Waals surface area contributed by atoms with E-state index in [0.29, 0.717) is 19.8 Å². The van der Waals surface area contributed by atoms with Crippen LogP contribution in [0.2, 0.25) is 0 Å². The minimum absolute atomic E-state index is 0.0116. The number of carbonyl (C=O) groups is 2. The average molecular weight is 791 g/mol. The Bertz CT molecular complexity index is 2030. The standard InChI is InChI=1S/C24H26O5.C24H28O5/c1-27-14-24(9-10-24)20-4-2-3-19-18(20)7-8-21(19)29-16-5-6-17-15(11-23(25)26)13-28-22(17)12-16;1-24(2,14-27-3)20-6-4-5-19-18(20)9-10-21(19)29-16-7-8-17-15(11-23(25)26)13-28-22(17)12-16/h2-6,12,15,21H,7-11,13-14H2,1H3,(H,25,26);4-8,12,15,21H,9-11,13-14H2,1-3H3,(H,25,26)/t2*15-,21-/m11/s1. The summed E-state index contributed by atoms with van der Waals surface area (Å²) < 4.78 is 35.1. The summed E-state index contributed by atoms with van der Waals surface area (Å²) >= 11 is 0. The van der Waals surface area contributed by atoms with Crippen LogP contribution in [0.4, 0.5) is 0 Å². The van der Waals surface area contributed by atoms with Gasteiger partial charge in [0, 0.05) is 60.1 Å². The van der Waals surface area contributed by atoms with Crippen LogP contribution >= 0.6 is 0 Å². The molecule has 10 nitrogen and oxygen atoms in total. The summed E-state index contributed by atoms with van der Waals surface area (Å²) in [7, 11) is 3.53. The minimum atomic E-state index is -0.804. The predicted molar refractivity (Wildman–Crippen MR) is 218 cm³/mol. The Balaban J connectivity index is 0.000000162. The number of carboxylic acid groups (broad SMARTS) is 2. The van der Waals surface area contributed by atoms with Crippen molar-refractivity contribution in [2.24, 2.45) is 0 Å². The van der Waals surface area contributed by atoms with E-state index in [1.165, 1.54) is 46.2 Å². The molecule has 1 fully saturated rings. The average Bonchev–Trinajstić information content (AvgIpc) is 3.50. The first kappa shape index (κ1) is 39.8. The highest BCUT2D eigenvalue weighted by molar-refractivity contribution is 5.69. The number of benzene rings is 4. The Morgan fingerprint density at radius 3 is 1.76 bits per heavy atom. The number of methoxy groups -OCH3 is 2. The second-order valence-corrected chi connectivity index (χ2v) is 17.2.